The van der Waals surface area contributed by atoms with Gasteiger partial charge in [-0.3, -0.25) is 0 Å². The second-order valence-corrected chi connectivity index (χ2v) is 14.9. The number of carbonyl (C=O) groups is 3. The number of hydrogen-bond acceptors (Lipinski definition) is 9. The lowest BCUT2D eigenvalue weighted by molar-refractivity contribution is -0.261. The number of aromatic carboxylic acids is 3. The van der Waals surface area contributed by atoms with Crippen LogP contribution in [0.4, 0.5) is 0 Å². The lowest BCUT2D eigenvalue weighted by Crippen LogP contribution is -2.37. The first-order chi connectivity index (χ1) is 21.0. The number of benzene rings is 4. The van der Waals surface area contributed by atoms with Gasteiger partial charge in [0.05, 0.1) is 31.3 Å². The van der Waals surface area contributed by atoms with E-state index in [1.54, 1.807) is 6.07 Å². The van der Waals surface area contributed by atoms with E-state index in [1.807, 2.05) is 0 Å². The third-order valence-electron chi connectivity index (χ3n) is 6.87. The van der Waals surface area contributed by atoms with Crippen molar-refractivity contribution in [3.63, 3.8) is 0 Å². The molecule has 0 saturated carbocycles. The summed E-state index contributed by atoms with van der Waals surface area (Å²) in [6.07, 6.45) is -1.21. The largest absolute Gasteiger partial charge is 0.545 e. The lowest BCUT2D eigenvalue weighted by Gasteiger charge is -2.29. The fourth-order valence-corrected chi connectivity index (χ4v) is 8.94. The Bertz CT molecular complexity index is 1830. The van der Waals surface area contributed by atoms with E-state index < -0.39 is 47.4 Å². The maximum absolute atomic E-state index is 12.7. The summed E-state index contributed by atoms with van der Waals surface area (Å²) in [6.45, 7) is 0. The molecule has 0 unspecified atom stereocenters. The maximum Gasteiger partial charge on any atom is 0.133 e. The van der Waals surface area contributed by atoms with Crippen LogP contribution < -0.4 is 15.3 Å². The molecule has 0 radical (unpaired) electrons. The van der Waals surface area contributed by atoms with E-state index in [0.29, 0.717) is 13.4 Å². The Hall–Kier alpha value is -2.43. The predicted molar refractivity (Wildman–Crippen MR) is 178 cm³/mol. The number of phenols is 3. The molecule has 4 rings (SSSR count). The van der Waals surface area contributed by atoms with Gasteiger partial charge in [-0.15, -0.1) is 0 Å². The van der Waals surface area contributed by atoms with Crippen molar-refractivity contribution < 1.29 is 45.0 Å². The molecule has 0 atom stereocenters. The van der Waals surface area contributed by atoms with Crippen LogP contribution in [0.15, 0.2) is 63.2 Å². The van der Waals surface area contributed by atoms with Gasteiger partial charge in [-0.1, -0.05) is 47.8 Å². The molecule has 0 saturated heterocycles. The summed E-state index contributed by atoms with van der Waals surface area (Å²) >= 11 is 19.7. The highest BCUT2D eigenvalue weighted by molar-refractivity contribution is 9.11. The number of carboxylic acid groups (broad SMARTS) is 3. The van der Waals surface area contributed by atoms with Gasteiger partial charge >= 0.3 is 0 Å². The van der Waals surface area contributed by atoms with Crippen molar-refractivity contribution in [1.29, 1.82) is 0 Å². The molecule has 0 bridgehead atoms. The van der Waals surface area contributed by atoms with Gasteiger partial charge in [-0.25, -0.2) is 0 Å². The van der Waals surface area contributed by atoms with Gasteiger partial charge in [0, 0.05) is 66.1 Å². The molecule has 0 amide bonds. The zero-order chi connectivity index (χ0) is 33.5. The summed E-state index contributed by atoms with van der Waals surface area (Å²) in [5.74, 6) is -7.03. The van der Waals surface area contributed by atoms with E-state index in [4.69, 9.17) is 0 Å². The molecule has 0 aliphatic heterocycles. The van der Waals surface area contributed by atoms with Crippen LogP contribution in [0.1, 0.15) is 64.5 Å². The van der Waals surface area contributed by atoms with Crippen LogP contribution in [0.25, 0.3) is 0 Å². The number of carboxylic acids is 3. The number of aromatic hydroxyl groups is 3. The van der Waals surface area contributed by atoms with Crippen LogP contribution in [0, 0.1) is 0 Å². The third-order valence-corrected chi connectivity index (χ3v) is 10.1. The Morgan fingerprint density at radius 3 is 1.00 bits per heavy atom. The molecule has 4 aromatic rings. The van der Waals surface area contributed by atoms with E-state index in [9.17, 15) is 45.0 Å². The van der Waals surface area contributed by atoms with Gasteiger partial charge in [0.15, 0.2) is 0 Å². The highest BCUT2D eigenvalue weighted by atomic mass is 79.9. The van der Waals surface area contributed by atoms with Crippen molar-refractivity contribution in [3.8, 4) is 17.2 Å². The molecule has 234 valence electrons. The Morgan fingerprint density at radius 2 is 0.733 bits per heavy atom. The second-order valence-electron chi connectivity index (χ2n) is 9.64. The second kappa shape index (κ2) is 14.1. The highest BCUT2D eigenvalue weighted by Crippen LogP contribution is 2.41. The predicted octanol–water partition coefficient (Wildman–Crippen LogP) is 5.24. The minimum Gasteiger partial charge on any atom is -0.545 e. The van der Waals surface area contributed by atoms with Gasteiger partial charge in [-0.2, -0.15) is 0 Å². The third kappa shape index (κ3) is 7.43. The van der Waals surface area contributed by atoms with Crippen LogP contribution in [-0.2, 0) is 19.3 Å². The summed E-state index contributed by atoms with van der Waals surface area (Å²) in [5.41, 5.74) is -3.28. The van der Waals surface area contributed by atoms with Crippen molar-refractivity contribution in [2.45, 2.75) is 19.3 Å². The van der Waals surface area contributed by atoms with Crippen molar-refractivity contribution in [1.82, 2.24) is 0 Å². The molecule has 0 fully saturated rings. The number of halogens is 6. The first-order valence-electron chi connectivity index (χ1n) is 12.4. The molecule has 0 spiro atoms. The lowest BCUT2D eigenvalue weighted by atomic mass is 9.79. The van der Waals surface area contributed by atoms with Crippen LogP contribution in [-0.4, -0.2) is 33.2 Å². The Balaban J connectivity index is 2.24. The van der Waals surface area contributed by atoms with E-state index in [2.05, 4.69) is 95.6 Å². The van der Waals surface area contributed by atoms with Crippen molar-refractivity contribution in [2.24, 2.45) is 0 Å². The number of phenolic OH excluding ortho intramolecular Hbond substituents is 3. The molecule has 9 nitrogen and oxygen atoms in total. The summed E-state index contributed by atoms with van der Waals surface area (Å²) in [7, 11) is 0. The van der Waals surface area contributed by atoms with Crippen molar-refractivity contribution in [2.75, 3.05) is 0 Å². The topological polar surface area (TPSA) is 181 Å². The summed E-state index contributed by atoms with van der Waals surface area (Å²) in [5, 5.41) is 70.7. The average Bonchev–Trinajstić information content (AvgIpc) is 2.92. The summed E-state index contributed by atoms with van der Waals surface area (Å²) < 4.78 is 2.16. The van der Waals surface area contributed by atoms with Crippen LogP contribution >= 0.6 is 95.6 Å². The van der Waals surface area contributed by atoms with Gasteiger partial charge in [0.25, 0.3) is 0 Å². The van der Waals surface area contributed by atoms with E-state index in [1.165, 1.54) is 30.3 Å². The van der Waals surface area contributed by atoms with Gasteiger partial charge in [0.2, 0.25) is 0 Å². The zero-order valence-electron chi connectivity index (χ0n) is 22.1. The normalized spacial score (nSPS) is 11.1. The van der Waals surface area contributed by atoms with Gasteiger partial charge in [-0.05, 0) is 101 Å². The van der Waals surface area contributed by atoms with E-state index in [0.717, 1.165) is 0 Å². The maximum atomic E-state index is 12.7. The Labute approximate surface area is 305 Å². The van der Waals surface area contributed by atoms with Gasteiger partial charge < -0.3 is 45.0 Å². The zero-order valence-corrected chi connectivity index (χ0v) is 31.7. The van der Waals surface area contributed by atoms with Crippen LogP contribution in [0.3, 0.4) is 0 Å². The molecular weight excluding hydrogens is 984 g/mol. The molecule has 45 heavy (non-hydrogen) atoms. The number of hydrogen-bond donors (Lipinski definition) is 3. The monoisotopic (exact) mass is 993 g/mol. The molecule has 0 aliphatic rings. The Morgan fingerprint density at radius 1 is 0.467 bits per heavy atom. The molecule has 3 N–H and O–H groups in total. The summed E-state index contributed by atoms with van der Waals surface area (Å²) in [4.78, 5) is 38.0. The quantitative estimate of drug-likeness (QED) is 0.202. The highest BCUT2D eigenvalue weighted by Gasteiger charge is 2.28. The summed E-state index contributed by atoms with van der Waals surface area (Å²) in [6, 6.07) is 9.06. The number of rotatable bonds is 9. The fraction of sp³-hybridized carbons (Fsp3) is 0.100. The first-order valence-corrected chi connectivity index (χ1v) is 17.1. The standard InChI is InChI=1S/C30H18Br6O9/c31-13-1-10(25(37)19(34)7-13)4-16-17(5-11-2-14(32)8-20(35)26(11)38)22(28(40)41)24(30(44)45)23(29(42)43)18(16)6-12-3-15(33)9-21(36)27(12)39/h1-3,7-9,37-39H,4-6H2,(H,40,41)(H,42,43)(H,44,45)/p-3. The Kier molecular flexibility index (Phi) is 11.1. The molecule has 4 aromatic carbocycles. The fourth-order valence-electron chi connectivity index (χ4n) is 5.00. The van der Waals surface area contributed by atoms with E-state index in [-0.39, 0.29) is 70.5 Å². The average molecular weight is 999 g/mol. The van der Waals surface area contributed by atoms with Gasteiger partial charge in [0.1, 0.15) is 17.2 Å². The van der Waals surface area contributed by atoms with Crippen LogP contribution in [0.2, 0.25) is 0 Å². The molecule has 0 heterocycles. The number of carbonyl (C=O) groups excluding carboxylic acids is 3. The minimum absolute atomic E-state index is 0.0373. The van der Waals surface area contributed by atoms with Crippen molar-refractivity contribution in [3.05, 3.63) is 113 Å². The smallest absolute Gasteiger partial charge is 0.133 e. The minimum atomic E-state index is -2.13. The SMILES string of the molecule is O=C([O-])c1c(Cc2cc(Br)cc(Br)c2O)c(Cc2cc(Br)cc(Br)c2O)c(Cc2cc(Br)cc(Br)c2O)c(C(=O)[O-])c1C(=O)[O-]. The van der Waals surface area contributed by atoms with Crippen LogP contribution in [0.5, 0.6) is 17.2 Å². The van der Waals surface area contributed by atoms with Crippen molar-refractivity contribution >= 4 is 113 Å². The molecular formula is C30H15Br6O9-3. The van der Waals surface area contributed by atoms with E-state index >= 15 is 0 Å². The molecule has 0 aliphatic carbocycles. The molecule has 0 aromatic heterocycles. The first kappa shape index (κ1) is 35.4. The molecule has 15 heteroatoms.